The summed E-state index contributed by atoms with van der Waals surface area (Å²) in [4.78, 5) is 23.9. The van der Waals surface area contributed by atoms with Crippen LogP contribution in [0.2, 0.25) is 0 Å². The number of benzene rings is 2. The molecule has 0 aliphatic carbocycles. The molecule has 0 saturated carbocycles. The molecular weight excluding hydrogens is 304 g/mol. The number of aryl methyl sites for hydroxylation is 1. The number of carbonyl (C=O) groups is 2. The molecule has 0 aliphatic heterocycles. The van der Waals surface area contributed by atoms with Gasteiger partial charge in [-0.2, -0.15) is 0 Å². The zero-order chi connectivity index (χ0) is 17.6. The Labute approximate surface area is 141 Å². The van der Waals surface area contributed by atoms with Crippen LogP contribution in [0.15, 0.2) is 54.6 Å². The lowest BCUT2D eigenvalue weighted by Gasteiger charge is -2.23. The number of aliphatic hydroxyl groups is 1. The van der Waals surface area contributed by atoms with Crippen molar-refractivity contribution in [2.45, 2.75) is 32.3 Å². The van der Waals surface area contributed by atoms with Crippen LogP contribution in [0, 0.1) is 6.92 Å². The summed E-state index contributed by atoms with van der Waals surface area (Å²) in [5.41, 5.74) is 6.00. The van der Waals surface area contributed by atoms with Gasteiger partial charge in [0.25, 0.3) is 0 Å². The second kappa shape index (κ2) is 7.75. The monoisotopic (exact) mass is 326 g/mol. The van der Waals surface area contributed by atoms with Gasteiger partial charge in [-0.1, -0.05) is 54.6 Å². The molecule has 3 N–H and O–H groups in total. The van der Waals surface area contributed by atoms with Crippen molar-refractivity contribution < 1.29 is 14.7 Å². The minimum absolute atomic E-state index is 0.151. The SMILES string of the molecule is Cc1ccccc1CC(=O)NNC(=O)CC(C)(O)c1ccccc1. The van der Waals surface area contributed by atoms with Crippen molar-refractivity contribution >= 4 is 11.8 Å². The highest BCUT2D eigenvalue weighted by Crippen LogP contribution is 2.23. The lowest BCUT2D eigenvalue weighted by atomic mass is 9.92. The van der Waals surface area contributed by atoms with Crippen molar-refractivity contribution in [3.05, 3.63) is 71.3 Å². The Hall–Kier alpha value is -2.66. The third-order valence-electron chi connectivity index (χ3n) is 3.85. The Morgan fingerprint density at radius 3 is 2.21 bits per heavy atom. The maximum absolute atomic E-state index is 12.0. The highest BCUT2D eigenvalue weighted by atomic mass is 16.3. The second-order valence-electron chi connectivity index (χ2n) is 6.02. The first-order valence-corrected chi connectivity index (χ1v) is 7.78. The molecule has 5 nitrogen and oxygen atoms in total. The van der Waals surface area contributed by atoms with E-state index in [9.17, 15) is 14.7 Å². The topological polar surface area (TPSA) is 78.4 Å². The molecule has 1 unspecified atom stereocenters. The standard InChI is InChI=1S/C19H22N2O3/c1-14-8-6-7-9-15(14)12-17(22)20-21-18(23)13-19(2,24)16-10-4-3-5-11-16/h3-11,24H,12-13H2,1-2H3,(H,20,22)(H,21,23). The zero-order valence-corrected chi connectivity index (χ0v) is 13.9. The summed E-state index contributed by atoms with van der Waals surface area (Å²) in [5, 5.41) is 10.4. The number of hydrogen-bond donors (Lipinski definition) is 3. The molecule has 2 aromatic carbocycles. The average molecular weight is 326 g/mol. The van der Waals surface area contributed by atoms with Gasteiger partial charge in [0, 0.05) is 0 Å². The van der Waals surface area contributed by atoms with Gasteiger partial charge < -0.3 is 5.11 Å². The Kier molecular flexibility index (Phi) is 5.71. The second-order valence-corrected chi connectivity index (χ2v) is 6.02. The fourth-order valence-electron chi connectivity index (χ4n) is 2.42. The smallest absolute Gasteiger partial charge is 0.242 e. The number of hydrogen-bond acceptors (Lipinski definition) is 3. The highest BCUT2D eigenvalue weighted by Gasteiger charge is 2.26. The van der Waals surface area contributed by atoms with Crippen LogP contribution in [0.3, 0.4) is 0 Å². The minimum Gasteiger partial charge on any atom is -0.385 e. The van der Waals surface area contributed by atoms with Crippen LogP contribution in [0.1, 0.15) is 30.0 Å². The Bertz CT molecular complexity index is 712. The largest absolute Gasteiger partial charge is 0.385 e. The first kappa shape index (κ1) is 17.7. The average Bonchev–Trinajstić information content (AvgIpc) is 2.56. The van der Waals surface area contributed by atoms with E-state index in [0.29, 0.717) is 5.56 Å². The fourth-order valence-corrected chi connectivity index (χ4v) is 2.42. The van der Waals surface area contributed by atoms with Crippen LogP contribution < -0.4 is 10.9 Å². The van der Waals surface area contributed by atoms with E-state index < -0.39 is 11.5 Å². The molecule has 0 heterocycles. The molecule has 0 aliphatic rings. The Morgan fingerprint density at radius 2 is 1.54 bits per heavy atom. The van der Waals surface area contributed by atoms with E-state index in [0.717, 1.165) is 11.1 Å². The van der Waals surface area contributed by atoms with Gasteiger partial charge in [0.2, 0.25) is 11.8 Å². The number of hydrazine groups is 1. The molecule has 1 atom stereocenters. The molecule has 2 rings (SSSR count). The van der Waals surface area contributed by atoms with Crippen LogP contribution in [-0.2, 0) is 21.6 Å². The lowest BCUT2D eigenvalue weighted by molar-refractivity contribution is -0.131. The van der Waals surface area contributed by atoms with Crippen LogP contribution in [0.4, 0.5) is 0 Å². The van der Waals surface area contributed by atoms with E-state index in [-0.39, 0.29) is 18.7 Å². The van der Waals surface area contributed by atoms with E-state index in [2.05, 4.69) is 10.9 Å². The molecule has 0 spiro atoms. The van der Waals surface area contributed by atoms with Crippen molar-refractivity contribution in [3.63, 3.8) is 0 Å². The molecule has 0 saturated heterocycles. The zero-order valence-electron chi connectivity index (χ0n) is 13.9. The van der Waals surface area contributed by atoms with Crippen molar-refractivity contribution in [1.29, 1.82) is 0 Å². The summed E-state index contributed by atoms with van der Waals surface area (Å²) >= 11 is 0. The van der Waals surface area contributed by atoms with Crippen molar-refractivity contribution in [2.75, 3.05) is 0 Å². The van der Waals surface area contributed by atoms with E-state index in [1.807, 2.05) is 37.3 Å². The van der Waals surface area contributed by atoms with Crippen molar-refractivity contribution in [1.82, 2.24) is 10.9 Å². The van der Waals surface area contributed by atoms with Crippen molar-refractivity contribution in [2.24, 2.45) is 0 Å². The quantitative estimate of drug-likeness (QED) is 0.735. The lowest BCUT2D eigenvalue weighted by Crippen LogP contribution is -2.44. The summed E-state index contributed by atoms with van der Waals surface area (Å²) in [6.07, 6.45) is 0.0314. The van der Waals surface area contributed by atoms with Gasteiger partial charge in [0.05, 0.1) is 18.4 Å². The van der Waals surface area contributed by atoms with Crippen LogP contribution in [-0.4, -0.2) is 16.9 Å². The first-order valence-electron chi connectivity index (χ1n) is 7.78. The van der Waals surface area contributed by atoms with E-state index in [1.54, 1.807) is 31.2 Å². The number of rotatable bonds is 5. The van der Waals surface area contributed by atoms with Crippen LogP contribution in [0.25, 0.3) is 0 Å². The molecule has 0 bridgehead atoms. The molecule has 2 aromatic rings. The number of amides is 2. The maximum atomic E-state index is 12.0. The molecule has 24 heavy (non-hydrogen) atoms. The molecule has 0 radical (unpaired) electrons. The normalized spacial score (nSPS) is 13.0. The minimum atomic E-state index is -1.30. The molecule has 0 aromatic heterocycles. The van der Waals surface area contributed by atoms with E-state index in [1.165, 1.54) is 0 Å². The summed E-state index contributed by atoms with van der Waals surface area (Å²) < 4.78 is 0. The van der Waals surface area contributed by atoms with E-state index >= 15 is 0 Å². The first-order chi connectivity index (χ1) is 11.4. The highest BCUT2D eigenvalue weighted by molar-refractivity contribution is 5.83. The molecular formula is C19H22N2O3. The Morgan fingerprint density at radius 1 is 0.958 bits per heavy atom. The van der Waals surface area contributed by atoms with Gasteiger partial charge >= 0.3 is 0 Å². The summed E-state index contributed by atoms with van der Waals surface area (Å²) in [5.74, 6) is -0.765. The third-order valence-corrected chi connectivity index (χ3v) is 3.85. The molecule has 5 heteroatoms. The molecule has 2 amide bonds. The van der Waals surface area contributed by atoms with Crippen molar-refractivity contribution in [3.8, 4) is 0 Å². The number of nitrogens with one attached hydrogen (secondary N) is 2. The summed E-state index contributed by atoms with van der Waals surface area (Å²) in [6.45, 7) is 3.50. The van der Waals surface area contributed by atoms with Crippen LogP contribution >= 0.6 is 0 Å². The summed E-state index contributed by atoms with van der Waals surface area (Å²) in [7, 11) is 0. The predicted octanol–water partition coefficient (Wildman–Crippen LogP) is 1.98. The molecule has 0 fully saturated rings. The molecule has 126 valence electrons. The van der Waals surface area contributed by atoms with Gasteiger partial charge in [-0.25, -0.2) is 0 Å². The van der Waals surface area contributed by atoms with Crippen LogP contribution in [0.5, 0.6) is 0 Å². The predicted molar refractivity (Wildman–Crippen MR) is 91.8 cm³/mol. The third kappa shape index (κ3) is 4.93. The summed E-state index contributed by atoms with van der Waals surface area (Å²) in [6, 6.07) is 16.5. The maximum Gasteiger partial charge on any atom is 0.242 e. The van der Waals surface area contributed by atoms with Gasteiger partial charge in [-0.3, -0.25) is 20.4 Å². The number of carbonyl (C=O) groups excluding carboxylic acids is 2. The fraction of sp³-hybridized carbons (Fsp3) is 0.263. The van der Waals surface area contributed by atoms with Gasteiger partial charge in [0.1, 0.15) is 0 Å². The van der Waals surface area contributed by atoms with E-state index in [4.69, 9.17) is 0 Å². The Balaban J connectivity index is 1.85. The van der Waals surface area contributed by atoms with Gasteiger partial charge in [-0.05, 0) is 30.5 Å². The van der Waals surface area contributed by atoms with Gasteiger partial charge in [-0.15, -0.1) is 0 Å². The van der Waals surface area contributed by atoms with Gasteiger partial charge in [0.15, 0.2) is 0 Å².